The molecule has 196 valence electrons. The number of carbonyl (C=O) groups excluding carboxylic acids is 2. The number of amides is 1. The van der Waals surface area contributed by atoms with Crippen LogP contribution in [0.2, 0.25) is 0 Å². The average molecular weight is 510 g/mol. The third-order valence-corrected chi connectivity index (χ3v) is 7.73. The van der Waals surface area contributed by atoms with Gasteiger partial charge in [0.05, 0.1) is 6.61 Å². The van der Waals surface area contributed by atoms with Crippen LogP contribution in [0.15, 0.2) is 67.0 Å². The standard InChI is InChI=1S/C32H35N3O3/c1-4-38-30(36)18-23-8-10-24(11-9-23)25-12-14-26(15-13-25)27-16-17-29-33-28(20-35(29)19-27)32(37)34-31-21(2)6-5-7-22(31)3/h5-7,12-17,19-20,23-24H,4,8-11,18H2,1-3H3,(H,34,37)/t23-,24-. The highest BCUT2D eigenvalue weighted by atomic mass is 16.5. The maximum absolute atomic E-state index is 12.9. The quantitative estimate of drug-likeness (QED) is 0.270. The Kier molecular flexibility index (Phi) is 7.59. The fourth-order valence-electron chi connectivity index (χ4n) is 5.56. The van der Waals surface area contributed by atoms with Crippen molar-refractivity contribution in [3.8, 4) is 11.1 Å². The van der Waals surface area contributed by atoms with E-state index in [1.807, 2.05) is 61.7 Å². The van der Waals surface area contributed by atoms with Crippen molar-refractivity contribution in [3.05, 3.63) is 89.4 Å². The number of nitrogens with one attached hydrogen (secondary N) is 1. The zero-order chi connectivity index (χ0) is 26.6. The molecular weight excluding hydrogens is 474 g/mol. The molecule has 1 aliphatic carbocycles. The van der Waals surface area contributed by atoms with E-state index in [-0.39, 0.29) is 11.9 Å². The number of pyridine rings is 1. The molecule has 0 saturated heterocycles. The van der Waals surface area contributed by atoms with Gasteiger partial charge in [-0.2, -0.15) is 0 Å². The Morgan fingerprint density at radius 1 is 0.921 bits per heavy atom. The summed E-state index contributed by atoms with van der Waals surface area (Å²) in [4.78, 5) is 29.3. The van der Waals surface area contributed by atoms with Gasteiger partial charge >= 0.3 is 5.97 Å². The predicted octanol–water partition coefficient (Wildman–Crippen LogP) is 7.10. The van der Waals surface area contributed by atoms with E-state index in [0.29, 0.717) is 30.6 Å². The van der Waals surface area contributed by atoms with Gasteiger partial charge in [0.2, 0.25) is 0 Å². The molecule has 0 spiro atoms. The predicted molar refractivity (Wildman–Crippen MR) is 150 cm³/mol. The number of aromatic nitrogens is 2. The molecule has 2 aromatic heterocycles. The number of benzene rings is 2. The molecule has 1 aliphatic rings. The molecule has 6 heteroatoms. The molecular formula is C32H35N3O3. The number of nitrogens with zero attached hydrogens (tertiary/aromatic N) is 2. The van der Waals surface area contributed by atoms with Crippen LogP contribution < -0.4 is 5.32 Å². The molecule has 1 fully saturated rings. The summed E-state index contributed by atoms with van der Waals surface area (Å²) in [6.45, 7) is 6.29. The maximum Gasteiger partial charge on any atom is 0.306 e. The fraction of sp³-hybridized carbons (Fsp3) is 0.344. The van der Waals surface area contributed by atoms with Gasteiger partial charge in [-0.15, -0.1) is 0 Å². The molecule has 0 atom stereocenters. The molecule has 1 amide bonds. The lowest BCUT2D eigenvalue weighted by Crippen LogP contribution is -2.17. The summed E-state index contributed by atoms with van der Waals surface area (Å²) in [7, 11) is 0. The molecule has 1 N–H and O–H groups in total. The van der Waals surface area contributed by atoms with Crippen molar-refractivity contribution in [1.29, 1.82) is 0 Å². The largest absolute Gasteiger partial charge is 0.466 e. The molecule has 0 aliphatic heterocycles. The van der Waals surface area contributed by atoms with Crippen molar-refractivity contribution in [2.24, 2.45) is 5.92 Å². The highest BCUT2D eigenvalue weighted by molar-refractivity contribution is 6.04. The lowest BCUT2D eigenvalue weighted by molar-refractivity contribution is -0.144. The van der Waals surface area contributed by atoms with E-state index >= 15 is 0 Å². The van der Waals surface area contributed by atoms with E-state index in [9.17, 15) is 9.59 Å². The number of esters is 1. The summed E-state index contributed by atoms with van der Waals surface area (Å²) < 4.78 is 7.03. The Bertz CT molecular complexity index is 1430. The van der Waals surface area contributed by atoms with Crippen molar-refractivity contribution < 1.29 is 14.3 Å². The zero-order valence-corrected chi connectivity index (χ0v) is 22.4. The lowest BCUT2D eigenvalue weighted by Gasteiger charge is -2.28. The number of ether oxygens (including phenoxy) is 1. The van der Waals surface area contributed by atoms with Crippen LogP contribution in [0.5, 0.6) is 0 Å². The van der Waals surface area contributed by atoms with Crippen molar-refractivity contribution in [1.82, 2.24) is 9.38 Å². The molecule has 0 unspecified atom stereocenters. The van der Waals surface area contributed by atoms with E-state index < -0.39 is 0 Å². The SMILES string of the molecule is CCOC(=O)C[C@H]1CC[C@H](c2ccc(-c3ccc4nc(C(=O)Nc5c(C)cccc5C)cn4c3)cc2)CC1. The number of hydrogen-bond donors (Lipinski definition) is 1. The number of para-hydroxylation sites is 1. The molecule has 38 heavy (non-hydrogen) atoms. The van der Waals surface area contributed by atoms with Crippen molar-refractivity contribution in [2.75, 3.05) is 11.9 Å². The van der Waals surface area contributed by atoms with Gasteiger partial charge in [0, 0.05) is 24.5 Å². The Morgan fingerprint density at radius 2 is 1.61 bits per heavy atom. The van der Waals surface area contributed by atoms with Crippen molar-refractivity contribution in [3.63, 3.8) is 0 Å². The highest BCUT2D eigenvalue weighted by Gasteiger charge is 2.24. The van der Waals surface area contributed by atoms with Gasteiger partial charge in [0.15, 0.2) is 0 Å². The van der Waals surface area contributed by atoms with E-state index in [2.05, 4.69) is 34.6 Å². The minimum atomic E-state index is -0.214. The molecule has 0 bridgehead atoms. The first-order chi connectivity index (χ1) is 18.4. The smallest absolute Gasteiger partial charge is 0.306 e. The van der Waals surface area contributed by atoms with E-state index in [0.717, 1.165) is 59.3 Å². The van der Waals surface area contributed by atoms with Crippen LogP contribution >= 0.6 is 0 Å². The number of rotatable bonds is 7. The fourth-order valence-corrected chi connectivity index (χ4v) is 5.56. The summed E-state index contributed by atoms with van der Waals surface area (Å²) in [5, 5.41) is 3.02. The molecule has 4 aromatic rings. The van der Waals surface area contributed by atoms with Crippen LogP contribution in [0.4, 0.5) is 5.69 Å². The lowest BCUT2D eigenvalue weighted by atomic mass is 9.77. The Labute approximate surface area is 224 Å². The van der Waals surface area contributed by atoms with E-state index in [1.54, 1.807) is 6.20 Å². The van der Waals surface area contributed by atoms with Gasteiger partial charge in [-0.25, -0.2) is 4.98 Å². The first-order valence-corrected chi connectivity index (χ1v) is 13.5. The third-order valence-electron chi connectivity index (χ3n) is 7.73. The van der Waals surface area contributed by atoms with Gasteiger partial charge in [0.1, 0.15) is 11.3 Å². The van der Waals surface area contributed by atoms with Gasteiger partial charge in [-0.1, -0.05) is 42.5 Å². The number of imidazole rings is 1. The summed E-state index contributed by atoms with van der Waals surface area (Å²) in [6.07, 6.45) is 8.71. The van der Waals surface area contributed by atoms with Crippen LogP contribution in [0.3, 0.4) is 0 Å². The topological polar surface area (TPSA) is 72.7 Å². The second kappa shape index (κ2) is 11.2. The van der Waals surface area contributed by atoms with Gasteiger partial charge in [-0.05, 0) is 98.2 Å². The molecule has 5 rings (SSSR count). The monoisotopic (exact) mass is 509 g/mol. The van der Waals surface area contributed by atoms with Crippen molar-refractivity contribution >= 4 is 23.2 Å². The highest BCUT2D eigenvalue weighted by Crippen LogP contribution is 2.37. The zero-order valence-electron chi connectivity index (χ0n) is 22.4. The Hall–Kier alpha value is -3.93. The second-order valence-electron chi connectivity index (χ2n) is 10.4. The molecule has 6 nitrogen and oxygen atoms in total. The van der Waals surface area contributed by atoms with Crippen LogP contribution in [0.25, 0.3) is 16.8 Å². The van der Waals surface area contributed by atoms with Crippen LogP contribution in [0.1, 0.15) is 72.1 Å². The van der Waals surface area contributed by atoms with Gasteiger partial charge < -0.3 is 14.5 Å². The number of hydrogen-bond acceptors (Lipinski definition) is 4. The first-order valence-electron chi connectivity index (χ1n) is 13.5. The number of aryl methyl sites for hydroxylation is 2. The normalized spacial score (nSPS) is 17.3. The summed E-state index contributed by atoms with van der Waals surface area (Å²) >= 11 is 0. The van der Waals surface area contributed by atoms with Gasteiger partial charge in [0.25, 0.3) is 5.91 Å². The van der Waals surface area contributed by atoms with E-state index in [4.69, 9.17) is 4.74 Å². The second-order valence-corrected chi connectivity index (χ2v) is 10.4. The van der Waals surface area contributed by atoms with E-state index in [1.165, 1.54) is 5.56 Å². The molecule has 2 aromatic carbocycles. The number of carbonyl (C=O) groups is 2. The maximum atomic E-state index is 12.9. The summed E-state index contributed by atoms with van der Waals surface area (Å²) in [5.74, 6) is 0.703. The summed E-state index contributed by atoms with van der Waals surface area (Å²) in [5.41, 5.74) is 7.56. The molecule has 0 radical (unpaired) electrons. The third kappa shape index (κ3) is 5.64. The molecule has 1 saturated carbocycles. The van der Waals surface area contributed by atoms with Crippen LogP contribution in [0, 0.1) is 19.8 Å². The van der Waals surface area contributed by atoms with Crippen LogP contribution in [-0.2, 0) is 9.53 Å². The minimum absolute atomic E-state index is 0.0655. The minimum Gasteiger partial charge on any atom is -0.466 e. The Balaban J connectivity index is 1.25. The number of anilines is 1. The van der Waals surface area contributed by atoms with Gasteiger partial charge in [-0.3, -0.25) is 9.59 Å². The average Bonchev–Trinajstić information content (AvgIpc) is 3.35. The van der Waals surface area contributed by atoms with Crippen molar-refractivity contribution in [2.45, 2.75) is 58.8 Å². The number of fused-ring (bicyclic) bond motifs is 1. The van der Waals surface area contributed by atoms with Crippen LogP contribution in [-0.4, -0.2) is 27.9 Å². The summed E-state index contributed by atoms with van der Waals surface area (Å²) in [6, 6.07) is 18.8. The Morgan fingerprint density at radius 3 is 2.29 bits per heavy atom. The molecule has 2 heterocycles. The first kappa shape index (κ1) is 25.7.